The average Bonchev–Trinajstić information content (AvgIpc) is 2.54. The van der Waals surface area contributed by atoms with E-state index in [0.29, 0.717) is 6.04 Å². The molecule has 4 nitrogen and oxygen atoms in total. The first-order chi connectivity index (χ1) is 10.1. The highest BCUT2D eigenvalue weighted by Crippen LogP contribution is 2.14. The molecule has 6 heteroatoms. The summed E-state index contributed by atoms with van der Waals surface area (Å²) in [7, 11) is 4.00. The third-order valence-electron chi connectivity index (χ3n) is 4.43. The van der Waals surface area contributed by atoms with Gasteiger partial charge in [0, 0.05) is 25.7 Å². The van der Waals surface area contributed by atoms with Gasteiger partial charge in [0.05, 0.1) is 6.04 Å². The van der Waals surface area contributed by atoms with Crippen molar-refractivity contribution in [2.24, 2.45) is 0 Å². The fourth-order valence-electron chi connectivity index (χ4n) is 2.87. The Morgan fingerprint density at radius 2 is 2.00 bits per heavy atom. The minimum Gasteiger partial charge on any atom is -0.340 e. The first-order valence-electron chi connectivity index (χ1n) is 7.82. The highest BCUT2D eigenvalue weighted by Gasteiger charge is 2.27. The van der Waals surface area contributed by atoms with Gasteiger partial charge in [-0.1, -0.05) is 30.3 Å². The number of rotatable bonds is 5. The summed E-state index contributed by atoms with van der Waals surface area (Å²) in [6.07, 6.45) is 2.25. The monoisotopic (exact) mass is 361 g/mol. The molecule has 1 N–H and O–H groups in total. The lowest BCUT2D eigenvalue weighted by Crippen LogP contribution is -2.52. The van der Waals surface area contributed by atoms with Crippen LogP contribution in [0.1, 0.15) is 25.3 Å². The molecule has 1 fully saturated rings. The van der Waals surface area contributed by atoms with E-state index < -0.39 is 0 Å². The maximum atomic E-state index is 12.6. The Labute approximate surface area is 152 Å². The maximum Gasteiger partial charge on any atom is 0.239 e. The molecule has 0 bridgehead atoms. The van der Waals surface area contributed by atoms with Gasteiger partial charge < -0.3 is 10.2 Å². The van der Waals surface area contributed by atoms with Crippen LogP contribution in [-0.2, 0) is 11.3 Å². The van der Waals surface area contributed by atoms with Gasteiger partial charge in [0.2, 0.25) is 5.91 Å². The van der Waals surface area contributed by atoms with Crippen molar-refractivity contribution in [3.63, 3.8) is 0 Å². The number of likely N-dealkylation sites (N-methyl/N-ethyl adjacent to an activating group) is 2. The molecule has 1 aromatic carbocycles. The number of carbonyl (C=O) groups is 1. The average molecular weight is 362 g/mol. The molecule has 0 aromatic heterocycles. The Morgan fingerprint density at radius 3 is 2.61 bits per heavy atom. The van der Waals surface area contributed by atoms with Gasteiger partial charge in [0.25, 0.3) is 0 Å². The lowest BCUT2D eigenvalue weighted by Gasteiger charge is -2.36. The van der Waals surface area contributed by atoms with Crippen molar-refractivity contribution >= 4 is 30.7 Å². The van der Waals surface area contributed by atoms with Crippen LogP contribution in [0.4, 0.5) is 0 Å². The number of halogens is 2. The van der Waals surface area contributed by atoms with Crippen molar-refractivity contribution in [1.29, 1.82) is 0 Å². The molecular formula is C17H29Cl2N3O. The predicted octanol–water partition coefficient (Wildman–Crippen LogP) is 2.56. The van der Waals surface area contributed by atoms with Gasteiger partial charge in [-0.3, -0.25) is 9.69 Å². The molecule has 1 aliphatic heterocycles. The van der Waals surface area contributed by atoms with E-state index >= 15 is 0 Å². The SMILES string of the molecule is CNC1CCCN(C(=O)C(C)N(C)Cc2ccccc2)C1.Cl.Cl. The van der Waals surface area contributed by atoms with Crippen molar-refractivity contribution in [3.8, 4) is 0 Å². The molecule has 0 aliphatic carbocycles. The summed E-state index contributed by atoms with van der Waals surface area (Å²) in [5.41, 5.74) is 1.24. The maximum absolute atomic E-state index is 12.6. The number of likely N-dealkylation sites (tertiary alicyclic amines) is 1. The summed E-state index contributed by atoms with van der Waals surface area (Å²) >= 11 is 0. The van der Waals surface area contributed by atoms with Crippen molar-refractivity contribution in [3.05, 3.63) is 35.9 Å². The smallest absolute Gasteiger partial charge is 0.239 e. The molecule has 1 amide bonds. The first-order valence-corrected chi connectivity index (χ1v) is 7.82. The lowest BCUT2D eigenvalue weighted by molar-refractivity contribution is -0.137. The summed E-state index contributed by atoms with van der Waals surface area (Å²) in [5.74, 6) is 0.244. The van der Waals surface area contributed by atoms with Gasteiger partial charge in [-0.15, -0.1) is 24.8 Å². The molecule has 0 saturated carbocycles. The second kappa shape index (κ2) is 10.9. The zero-order valence-electron chi connectivity index (χ0n) is 14.2. The molecule has 1 aromatic rings. The summed E-state index contributed by atoms with van der Waals surface area (Å²) in [6.45, 7) is 4.53. The summed E-state index contributed by atoms with van der Waals surface area (Å²) in [6, 6.07) is 10.7. The Bertz CT molecular complexity index is 458. The van der Waals surface area contributed by atoms with Gasteiger partial charge in [-0.05, 0) is 39.4 Å². The third-order valence-corrected chi connectivity index (χ3v) is 4.43. The number of nitrogens with one attached hydrogen (secondary N) is 1. The molecule has 2 unspecified atom stereocenters. The van der Waals surface area contributed by atoms with Crippen LogP contribution in [0.3, 0.4) is 0 Å². The van der Waals surface area contributed by atoms with Crippen LogP contribution in [-0.4, -0.2) is 55.0 Å². The topological polar surface area (TPSA) is 35.6 Å². The van der Waals surface area contributed by atoms with Crippen LogP contribution < -0.4 is 5.32 Å². The fraction of sp³-hybridized carbons (Fsp3) is 0.588. The van der Waals surface area contributed by atoms with Crippen LogP contribution in [0, 0.1) is 0 Å². The van der Waals surface area contributed by atoms with E-state index in [2.05, 4.69) is 22.3 Å². The first kappa shape index (κ1) is 22.2. The number of benzene rings is 1. The standard InChI is InChI=1S/C17H27N3O.2ClH/c1-14(19(3)12-15-8-5-4-6-9-15)17(21)20-11-7-10-16(13-20)18-2;;/h4-6,8-9,14,16,18H,7,10-13H2,1-3H3;2*1H. The molecule has 0 radical (unpaired) electrons. The molecule has 2 rings (SSSR count). The number of amides is 1. The summed E-state index contributed by atoms with van der Waals surface area (Å²) in [4.78, 5) is 16.8. The molecule has 23 heavy (non-hydrogen) atoms. The molecule has 132 valence electrons. The Kier molecular flexibility index (Phi) is 10.5. The normalized spacial score (nSPS) is 18.8. The Balaban J connectivity index is 0.00000242. The Hall–Kier alpha value is -0.810. The number of hydrogen-bond acceptors (Lipinski definition) is 3. The number of piperidine rings is 1. The fourth-order valence-corrected chi connectivity index (χ4v) is 2.87. The second-order valence-electron chi connectivity index (χ2n) is 5.99. The van der Waals surface area contributed by atoms with Gasteiger partial charge in [0.1, 0.15) is 0 Å². The predicted molar refractivity (Wildman–Crippen MR) is 101 cm³/mol. The van der Waals surface area contributed by atoms with Crippen LogP contribution in [0.2, 0.25) is 0 Å². The minimum absolute atomic E-state index is 0. The van der Waals surface area contributed by atoms with E-state index in [1.807, 2.05) is 44.1 Å². The van der Waals surface area contributed by atoms with E-state index in [0.717, 1.165) is 32.5 Å². The molecule has 1 saturated heterocycles. The zero-order valence-corrected chi connectivity index (χ0v) is 15.8. The van der Waals surface area contributed by atoms with Crippen LogP contribution in [0.25, 0.3) is 0 Å². The number of nitrogens with zero attached hydrogens (tertiary/aromatic N) is 2. The lowest BCUT2D eigenvalue weighted by atomic mass is 10.0. The number of carbonyl (C=O) groups excluding carboxylic acids is 1. The second-order valence-corrected chi connectivity index (χ2v) is 5.99. The molecule has 1 aliphatic rings. The summed E-state index contributed by atoms with van der Waals surface area (Å²) in [5, 5.41) is 3.29. The third kappa shape index (κ3) is 6.30. The van der Waals surface area contributed by atoms with Crippen LogP contribution in [0.5, 0.6) is 0 Å². The van der Waals surface area contributed by atoms with Crippen molar-refractivity contribution in [2.75, 3.05) is 27.2 Å². The van der Waals surface area contributed by atoms with Gasteiger partial charge in [0.15, 0.2) is 0 Å². The van der Waals surface area contributed by atoms with E-state index in [-0.39, 0.29) is 36.8 Å². The number of hydrogen-bond donors (Lipinski definition) is 1. The van der Waals surface area contributed by atoms with E-state index in [4.69, 9.17) is 0 Å². The van der Waals surface area contributed by atoms with E-state index in [1.54, 1.807) is 0 Å². The van der Waals surface area contributed by atoms with Crippen molar-refractivity contribution in [2.45, 2.75) is 38.4 Å². The van der Waals surface area contributed by atoms with Crippen LogP contribution in [0.15, 0.2) is 30.3 Å². The minimum atomic E-state index is -0.0826. The highest BCUT2D eigenvalue weighted by molar-refractivity contribution is 5.85. The van der Waals surface area contributed by atoms with Crippen LogP contribution >= 0.6 is 24.8 Å². The Morgan fingerprint density at radius 1 is 1.35 bits per heavy atom. The van der Waals surface area contributed by atoms with Gasteiger partial charge in [-0.2, -0.15) is 0 Å². The van der Waals surface area contributed by atoms with Gasteiger partial charge in [-0.25, -0.2) is 0 Å². The van der Waals surface area contributed by atoms with Crippen molar-refractivity contribution in [1.82, 2.24) is 15.1 Å². The summed E-state index contributed by atoms with van der Waals surface area (Å²) < 4.78 is 0. The largest absolute Gasteiger partial charge is 0.340 e. The van der Waals surface area contributed by atoms with E-state index in [1.165, 1.54) is 5.56 Å². The molecule has 0 spiro atoms. The molecular weight excluding hydrogens is 333 g/mol. The molecule has 2 atom stereocenters. The van der Waals surface area contributed by atoms with Gasteiger partial charge >= 0.3 is 0 Å². The molecule has 1 heterocycles. The quantitative estimate of drug-likeness (QED) is 0.875. The highest BCUT2D eigenvalue weighted by atomic mass is 35.5. The zero-order chi connectivity index (χ0) is 15.2. The van der Waals surface area contributed by atoms with E-state index in [9.17, 15) is 4.79 Å². The van der Waals surface area contributed by atoms with Crippen molar-refractivity contribution < 1.29 is 4.79 Å².